The van der Waals surface area contributed by atoms with Crippen LogP contribution >= 0.6 is 0 Å². The third-order valence-electron chi connectivity index (χ3n) is 2.91. The molecule has 128 valence electrons. The fraction of sp³-hybridized carbons (Fsp3) is 1.00. The Hall–Kier alpha value is -0.210. The van der Waals surface area contributed by atoms with E-state index in [0.29, 0.717) is 32.8 Å². The van der Waals surface area contributed by atoms with Gasteiger partial charge in [0.05, 0.1) is 19.0 Å². The van der Waals surface area contributed by atoms with Crippen molar-refractivity contribution < 1.29 is 17.9 Å². The third-order valence-corrected chi connectivity index (χ3v) is 4.38. The molecule has 0 aliphatic carbocycles. The zero-order chi connectivity index (χ0) is 15.8. The maximum atomic E-state index is 11.7. The van der Waals surface area contributed by atoms with Crippen LogP contribution in [0, 0.1) is 0 Å². The van der Waals surface area contributed by atoms with E-state index < -0.39 is 10.0 Å². The largest absolute Gasteiger partial charge is 0.382 e. The van der Waals surface area contributed by atoms with Crippen LogP contribution in [0.4, 0.5) is 0 Å². The van der Waals surface area contributed by atoms with E-state index in [-0.39, 0.29) is 5.75 Å². The van der Waals surface area contributed by atoms with E-state index in [1.165, 1.54) is 0 Å². The number of hydrogen-bond acceptors (Lipinski definition) is 5. The Balaban J connectivity index is 3.39. The van der Waals surface area contributed by atoms with Gasteiger partial charge in [0.1, 0.15) is 0 Å². The first-order valence-corrected chi connectivity index (χ1v) is 9.52. The lowest BCUT2D eigenvalue weighted by Gasteiger charge is -2.07. The minimum atomic E-state index is -3.11. The highest BCUT2D eigenvalue weighted by atomic mass is 32.2. The van der Waals surface area contributed by atoms with Crippen LogP contribution in [0.2, 0.25) is 0 Å². The van der Waals surface area contributed by atoms with Gasteiger partial charge in [0.15, 0.2) is 0 Å². The molecule has 0 aliphatic rings. The molecule has 0 unspecified atom stereocenters. The zero-order valence-electron chi connectivity index (χ0n) is 13.5. The monoisotopic (exact) mass is 324 g/mol. The molecule has 0 saturated heterocycles. The molecule has 0 aromatic rings. The van der Waals surface area contributed by atoms with Crippen LogP contribution in [0.25, 0.3) is 0 Å². The quantitative estimate of drug-likeness (QED) is 0.416. The Bertz CT molecular complexity index is 310. The lowest BCUT2D eigenvalue weighted by molar-refractivity contribution is 0.0689. The highest BCUT2D eigenvalue weighted by molar-refractivity contribution is 7.89. The summed E-state index contributed by atoms with van der Waals surface area (Å²) in [5.74, 6) is 0.213. The van der Waals surface area contributed by atoms with Gasteiger partial charge in [-0.25, -0.2) is 13.1 Å². The second kappa shape index (κ2) is 14.7. The van der Waals surface area contributed by atoms with Crippen molar-refractivity contribution in [2.45, 2.75) is 39.0 Å². The number of ether oxygens (including phenoxy) is 2. The predicted octanol–water partition coefficient (Wildman–Crippen LogP) is 1.13. The highest BCUT2D eigenvalue weighted by Crippen LogP contribution is 1.96. The molecule has 0 bridgehead atoms. The summed E-state index contributed by atoms with van der Waals surface area (Å²) < 4.78 is 36.2. The molecule has 0 radical (unpaired) electrons. The molecule has 6 nitrogen and oxygen atoms in total. The van der Waals surface area contributed by atoms with E-state index in [1.807, 2.05) is 0 Å². The minimum Gasteiger partial charge on any atom is -0.382 e. The van der Waals surface area contributed by atoms with Crippen molar-refractivity contribution in [2.75, 3.05) is 52.3 Å². The minimum absolute atomic E-state index is 0.213. The first-order chi connectivity index (χ1) is 10.1. The van der Waals surface area contributed by atoms with Crippen LogP contribution in [0.5, 0.6) is 0 Å². The molecule has 0 amide bonds. The number of unbranched alkanes of at least 4 members (excludes halogenated alkanes) is 2. The molecule has 21 heavy (non-hydrogen) atoms. The molecule has 0 heterocycles. The summed E-state index contributed by atoms with van der Waals surface area (Å²) in [5.41, 5.74) is 0. The lowest BCUT2D eigenvalue weighted by atomic mass is 10.3. The van der Waals surface area contributed by atoms with Gasteiger partial charge in [0, 0.05) is 20.3 Å². The molecule has 7 heteroatoms. The number of methoxy groups -OCH3 is 1. The first-order valence-electron chi connectivity index (χ1n) is 7.87. The molecule has 0 atom stereocenters. The fourth-order valence-corrected chi connectivity index (χ4v) is 2.90. The summed E-state index contributed by atoms with van der Waals surface area (Å²) in [5, 5.41) is 3.26. The maximum Gasteiger partial charge on any atom is 0.211 e. The van der Waals surface area contributed by atoms with E-state index in [9.17, 15) is 8.42 Å². The number of rotatable bonds is 16. The van der Waals surface area contributed by atoms with Gasteiger partial charge in [-0.2, -0.15) is 0 Å². The molecule has 0 aromatic carbocycles. The molecule has 0 fully saturated rings. The molecule has 0 spiro atoms. The molecular formula is C14H32N2O4S. The van der Waals surface area contributed by atoms with Crippen LogP contribution < -0.4 is 10.0 Å². The Kier molecular flexibility index (Phi) is 14.6. The number of hydrogen-bond donors (Lipinski definition) is 2. The Labute approximate surface area is 130 Å². The van der Waals surface area contributed by atoms with Crippen molar-refractivity contribution in [2.24, 2.45) is 0 Å². The molecular weight excluding hydrogens is 292 g/mol. The van der Waals surface area contributed by atoms with E-state index in [1.54, 1.807) is 7.11 Å². The summed E-state index contributed by atoms with van der Waals surface area (Å²) in [4.78, 5) is 0. The summed E-state index contributed by atoms with van der Waals surface area (Å²) in [6, 6.07) is 0. The highest BCUT2D eigenvalue weighted by Gasteiger charge is 2.08. The van der Waals surface area contributed by atoms with Crippen LogP contribution in [0.1, 0.15) is 39.0 Å². The van der Waals surface area contributed by atoms with Crippen molar-refractivity contribution >= 4 is 10.0 Å². The van der Waals surface area contributed by atoms with Crippen molar-refractivity contribution in [3.05, 3.63) is 0 Å². The summed E-state index contributed by atoms with van der Waals surface area (Å²) in [6.07, 6.45) is 4.35. The van der Waals surface area contributed by atoms with E-state index in [4.69, 9.17) is 9.47 Å². The van der Waals surface area contributed by atoms with Crippen LogP contribution in [-0.2, 0) is 19.5 Å². The molecule has 0 aliphatic heterocycles. The van der Waals surface area contributed by atoms with E-state index in [0.717, 1.165) is 38.8 Å². The second-order valence-corrected chi connectivity index (χ2v) is 6.91. The fourth-order valence-electron chi connectivity index (χ4n) is 1.72. The van der Waals surface area contributed by atoms with E-state index >= 15 is 0 Å². The molecule has 0 rings (SSSR count). The maximum absolute atomic E-state index is 11.7. The molecule has 0 aromatic heterocycles. The van der Waals surface area contributed by atoms with Crippen molar-refractivity contribution in [1.82, 2.24) is 10.0 Å². The van der Waals surface area contributed by atoms with Gasteiger partial charge >= 0.3 is 0 Å². The van der Waals surface area contributed by atoms with Gasteiger partial charge in [-0.1, -0.05) is 6.92 Å². The SMILES string of the molecule is CCCNCCCCS(=O)(=O)NCCCCOCCOC. The van der Waals surface area contributed by atoms with Gasteiger partial charge in [0.25, 0.3) is 0 Å². The van der Waals surface area contributed by atoms with Crippen LogP contribution in [0.15, 0.2) is 0 Å². The lowest BCUT2D eigenvalue weighted by Crippen LogP contribution is -2.28. The number of nitrogens with one attached hydrogen (secondary N) is 2. The predicted molar refractivity (Wildman–Crippen MR) is 86.1 cm³/mol. The summed E-state index contributed by atoms with van der Waals surface area (Å²) >= 11 is 0. The van der Waals surface area contributed by atoms with Gasteiger partial charge in [-0.15, -0.1) is 0 Å². The van der Waals surface area contributed by atoms with Gasteiger partial charge in [-0.05, 0) is 45.2 Å². The average molecular weight is 324 g/mol. The van der Waals surface area contributed by atoms with Gasteiger partial charge in [-0.3, -0.25) is 0 Å². The van der Waals surface area contributed by atoms with Crippen molar-refractivity contribution in [3.63, 3.8) is 0 Å². The Morgan fingerprint density at radius 2 is 1.67 bits per heavy atom. The third kappa shape index (κ3) is 16.0. The average Bonchev–Trinajstić information content (AvgIpc) is 2.45. The number of sulfonamides is 1. The Morgan fingerprint density at radius 1 is 0.905 bits per heavy atom. The Morgan fingerprint density at radius 3 is 2.38 bits per heavy atom. The second-order valence-electron chi connectivity index (χ2n) is 4.98. The van der Waals surface area contributed by atoms with Crippen molar-refractivity contribution in [1.29, 1.82) is 0 Å². The smallest absolute Gasteiger partial charge is 0.211 e. The summed E-state index contributed by atoms with van der Waals surface area (Å²) in [6.45, 7) is 6.33. The summed E-state index contributed by atoms with van der Waals surface area (Å²) in [7, 11) is -1.48. The first kappa shape index (κ1) is 20.8. The standard InChI is InChI=1S/C14H32N2O4S/c1-3-8-15-9-5-7-14-21(17,18)16-10-4-6-11-20-13-12-19-2/h15-16H,3-14H2,1-2H3. The molecule has 0 saturated carbocycles. The topological polar surface area (TPSA) is 76.7 Å². The normalized spacial score (nSPS) is 11.9. The van der Waals surface area contributed by atoms with Crippen LogP contribution in [0.3, 0.4) is 0 Å². The van der Waals surface area contributed by atoms with Gasteiger partial charge < -0.3 is 14.8 Å². The zero-order valence-corrected chi connectivity index (χ0v) is 14.3. The van der Waals surface area contributed by atoms with Gasteiger partial charge in [0.2, 0.25) is 10.0 Å². The van der Waals surface area contributed by atoms with Crippen LogP contribution in [-0.4, -0.2) is 60.7 Å². The molecule has 2 N–H and O–H groups in total. The van der Waals surface area contributed by atoms with Crippen molar-refractivity contribution in [3.8, 4) is 0 Å². The van der Waals surface area contributed by atoms with E-state index in [2.05, 4.69) is 17.0 Å².